The summed E-state index contributed by atoms with van der Waals surface area (Å²) in [7, 11) is 0. The molecule has 1 saturated heterocycles. The maximum absolute atomic E-state index is 12.6. The number of nitrogens with zero attached hydrogens (tertiary/aromatic N) is 3. The zero-order chi connectivity index (χ0) is 19.7. The standard InChI is InChI=1S/C17H19F3N4O3/c1-12-3-10-27-13(12)14(25)23-8-4-16(5-9-23,24-7-2-6-22-24)15(26)21-11-17(18,19)20/h2-3,6-7,10H,4-5,8-9,11H2,1H3,(H,21,26). The van der Waals surface area contributed by atoms with Gasteiger partial charge >= 0.3 is 6.18 Å². The Kier molecular flexibility index (Phi) is 4.99. The monoisotopic (exact) mass is 384 g/mol. The molecule has 0 unspecified atom stereocenters. The van der Waals surface area contributed by atoms with E-state index in [2.05, 4.69) is 5.10 Å². The van der Waals surface area contributed by atoms with Gasteiger partial charge in [-0.25, -0.2) is 0 Å². The molecule has 0 atom stereocenters. The van der Waals surface area contributed by atoms with Gasteiger partial charge in [-0.15, -0.1) is 0 Å². The van der Waals surface area contributed by atoms with Crippen LogP contribution in [0, 0.1) is 6.92 Å². The highest BCUT2D eigenvalue weighted by molar-refractivity contribution is 5.93. The van der Waals surface area contributed by atoms with Crippen LogP contribution < -0.4 is 5.32 Å². The van der Waals surface area contributed by atoms with E-state index in [-0.39, 0.29) is 37.6 Å². The van der Waals surface area contributed by atoms with Gasteiger partial charge < -0.3 is 14.6 Å². The molecule has 1 fully saturated rings. The molecule has 0 bridgehead atoms. The van der Waals surface area contributed by atoms with E-state index in [1.165, 1.54) is 22.0 Å². The Labute approximate surface area is 153 Å². The molecule has 0 aliphatic carbocycles. The van der Waals surface area contributed by atoms with Gasteiger partial charge in [0.05, 0.1) is 6.26 Å². The van der Waals surface area contributed by atoms with Crippen LogP contribution in [-0.2, 0) is 10.3 Å². The number of piperidine rings is 1. The number of carbonyl (C=O) groups is 2. The number of alkyl halides is 3. The number of hydrogen-bond donors (Lipinski definition) is 1. The molecule has 2 aromatic rings. The third kappa shape index (κ3) is 3.83. The summed E-state index contributed by atoms with van der Waals surface area (Å²) in [6, 6.07) is 3.28. The van der Waals surface area contributed by atoms with Crippen molar-refractivity contribution in [3.8, 4) is 0 Å². The van der Waals surface area contributed by atoms with E-state index in [1.807, 2.05) is 5.32 Å². The molecule has 3 rings (SSSR count). The van der Waals surface area contributed by atoms with Gasteiger partial charge in [-0.2, -0.15) is 18.3 Å². The SMILES string of the molecule is Cc1ccoc1C(=O)N1CCC(C(=O)NCC(F)(F)F)(n2cccn2)CC1. The average molecular weight is 384 g/mol. The number of rotatable bonds is 4. The molecule has 1 N–H and O–H groups in total. The van der Waals surface area contributed by atoms with E-state index >= 15 is 0 Å². The third-order valence-corrected chi connectivity index (χ3v) is 4.75. The van der Waals surface area contributed by atoms with Crippen molar-refractivity contribution < 1.29 is 27.2 Å². The van der Waals surface area contributed by atoms with Crippen LogP contribution in [0.3, 0.4) is 0 Å². The highest BCUT2D eigenvalue weighted by atomic mass is 19.4. The number of aryl methyl sites for hydroxylation is 1. The predicted octanol–water partition coefficient (Wildman–Crippen LogP) is 2.09. The summed E-state index contributed by atoms with van der Waals surface area (Å²) in [5.74, 6) is -0.838. The number of nitrogens with one attached hydrogen (secondary N) is 1. The van der Waals surface area contributed by atoms with E-state index in [0.717, 1.165) is 0 Å². The van der Waals surface area contributed by atoms with Gasteiger partial charge in [-0.3, -0.25) is 14.3 Å². The van der Waals surface area contributed by atoms with Gasteiger partial charge in [0.2, 0.25) is 5.91 Å². The highest BCUT2D eigenvalue weighted by Gasteiger charge is 2.45. The first kappa shape index (κ1) is 19.0. The summed E-state index contributed by atoms with van der Waals surface area (Å²) in [4.78, 5) is 26.7. The van der Waals surface area contributed by atoms with Crippen LogP contribution in [-0.4, -0.2) is 52.3 Å². The van der Waals surface area contributed by atoms with Crippen molar-refractivity contribution in [2.45, 2.75) is 31.5 Å². The largest absolute Gasteiger partial charge is 0.459 e. The molecule has 146 valence electrons. The fourth-order valence-electron chi connectivity index (χ4n) is 3.24. The topological polar surface area (TPSA) is 80.4 Å². The second-order valence-electron chi connectivity index (χ2n) is 6.51. The number of furan rings is 1. The van der Waals surface area contributed by atoms with Gasteiger partial charge in [-0.1, -0.05) is 0 Å². The maximum Gasteiger partial charge on any atom is 0.405 e. The van der Waals surface area contributed by atoms with Crippen LogP contribution in [0.15, 0.2) is 35.2 Å². The number of halogens is 3. The Morgan fingerprint density at radius 3 is 2.56 bits per heavy atom. The van der Waals surface area contributed by atoms with Crippen LogP contribution in [0.2, 0.25) is 0 Å². The minimum absolute atomic E-state index is 0.143. The molecule has 0 aromatic carbocycles. The lowest BCUT2D eigenvalue weighted by atomic mass is 9.86. The Hall–Kier alpha value is -2.78. The fraction of sp³-hybridized carbons (Fsp3) is 0.471. The fourth-order valence-corrected chi connectivity index (χ4v) is 3.24. The van der Waals surface area contributed by atoms with Crippen molar-refractivity contribution in [1.82, 2.24) is 20.0 Å². The number of carbonyl (C=O) groups excluding carboxylic acids is 2. The maximum atomic E-state index is 12.6. The van der Waals surface area contributed by atoms with Crippen LogP contribution >= 0.6 is 0 Å². The Bertz CT molecular complexity index is 806. The van der Waals surface area contributed by atoms with Crippen LogP contribution in [0.25, 0.3) is 0 Å². The van der Waals surface area contributed by atoms with E-state index in [9.17, 15) is 22.8 Å². The van der Waals surface area contributed by atoms with E-state index in [0.29, 0.717) is 5.56 Å². The molecular weight excluding hydrogens is 365 g/mol. The second-order valence-corrected chi connectivity index (χ2v) is 6.51. The van der Waals surface area contributed by atoms with Crippen molar-refractivity contribution in [2.75, 3.05) is 19.6 Å². The van der Waals surface area contributed by atoms with Crippen molar-refractivity contribution in [3.05, 3.63) is 42.1 Å². The summed E-state index contributed by atoms with van der Waals surface area (Å²) in [5, 5.41) is 6.02. The molecule has 1 aliphatic rings. The Morgan fingerprint density at radius 2 is 2.04 bits per heavy atom. The average Bonchev–Trinajstić information content (AvgIpc) is 3.30. The first-order valence-electron chi connectivity index (χ1n) is 8.41. The molecule has 7 nitrogen and oxygen atoms in total. The Morgan fingerprint density at radius 1 is 1.33 bits per heavy atom. The summed E-state index contributed by atoms with van der Waals surface area (Å²) in [6.45, 7) is 0.721. The zero-order valence-electron chi connectivity index (χ0n) is 14.6. The summed E-state index contributed by atoms with van der Waals surface area (Å²) in [5.41, 5.74) is -0.573. The van der Waals surface area contributed by atoms with Crippen molar-refractivity contribution in [3.63, 3.8) is 0 Å². The molecule has 0 saturated carbocycles. The van der Waals surface area contributed by atoms with Gasteiger partial charge in [0, 0.05) is 31.0 Å². The van der Waals surface area contributed by atoms with Crippen LogP contribution in [0.4, 0.5) is 13.2 Å². The number of likely N-dealkylation sites (tertiary alicyclic amines) is 1. The lowest BCUT2D eigenvalue weighted by Crippen LogP contribution is -2.57. The van der Waals surface area contributed by atoms with Crippen molar-refractivity contribution in [2.24, 2.45) is 0 Å². The minimum atomic E-state index is -4.51. The van der Waals surface area contributed by atoms with E-state index in [1.54, 1.807) is 25.3 Å². The zero-order valence-corrected chi connectivity index (χ0v) is 14.6. The smallest absolute Gasteiger partial charge is 0.405 e. The van der Waals surface area contributed by atoms with Crippen LogP contribution in [0.1, 0.15) is 29.0 Å². The molecule has 2 aromatic heterocycles. The first-order chi connectivity index (χ1) is 12.7. The molecule has 1 aliphatic heterocycles. The predicted molar refractivity (Wildman–Crippen MR) is 87.8 cm³/mol. The molecule has 0 radical (unpaired) electrons. The van der Waals surface area contributed by atoms with Gasteiger partial charge in [0.25, 0.3) is 5.91 Å². The third-order valence-electron chi connectivity index (χ3n) is 4.75. The molecule has 27 heavy (non-hydrogen) atoms. The highest BCUT2D eigenvalue weighted by Crippen LogP contribution is 2.31. The number of amides is 2. The molecule has 10 heteroatoms. The summed E-state index contributed by atoms with van der Waals surface area (Å²) in [6.07, 6.45) is 0.206. The minimum Gasteiger partial charge on any atom is -0.459 e. The quantitative estimate of drug-likeness (QED) is 0.876. The lowest BCUT2D eigenvalue weighted by molar-refractivity contribution is -0.146. The van der Waals surface area contributed by atoms with Gasteiger partial charge in [0.15, 0.2) is 5.76 Å². The van der Waals surface area contributed by atoms with E-state index in [4.69, 9.17) is 4.42 Å². The number of hydrogen-bond acceptors (Lipinski definition) is 4. The molecular formula is C17H19F3N4O3. The Balaban J connectivity index is 1.76. The van der Waals surface area contributed by atoms with Crippen LogP contribution in [0.5, 0.6) is 0 Å². The molecule has 0 spiro atoms. The summed E-state index contributed by atoms with van der Waals surface area (Å²) < 4.78 is 44.1. The molecule has 3 heterocycles. The molecule has 2 amide bonds. The normalized spacial score (nSPS) is 17.0. The summed E-state index contributed by atoms with van der Waals surface area (Å²) >= 11 is 0. The van der Waals surface area contributed by atoms with Crippen molar-refractivity contribution in [1.29, 1.82) is 0 Å². The van der Waals surface area contributed by atoms with Crippen molar-refractivity contribution >= 4 is 11.8 Å². The van der Waals surface area contributed by atoms with E-state index < -0.39 is 24.2 Å². The lowest BCUT2D eigenvalue weighted by Gasteiger charge is -2.40. The first-order valence-corrected chi connectivity index (χ1v) is 8.41. The van der Waals surface area contributed by atoms with Gasteiger partial charge in [0.1, 0.15) is 12.1 Å². The number of aromatic nitrogens is 2. The second kappa shape index (κ2) is 7.09. The van der Waals surface area contributed by atoms with Gasteiger partial charge in [-0.05, 0) is 31.9 Å².